The molecule has 0 aliphatic heterocycles. The van der Waals surface area contributed by atoms with E-state index < -0.39 is 21.6 Å². The van der Waals surface area contributed by atoms with Crippen molar-refractivity contribution in [1.29, 1.82) is 0 Å². The lowest BCUT2D eigenvalue weighted by atomic mass is 10.1. The Labute approximate surface area is 207 Å². The van der Waals surface area contributed by atoms with Gasteiger partial charge in [-0.05, 0) is 61.0 Å². The van der Waals surface area contributed by atoms with Crippen molar-refractivity contribution < 1.29 is 22.4 Å². The zero-order chi connectivity index (χ0) is 25.9. The highest BCUT2D eigenvalue weighted by molar-refractivity contribution is 7.89. The molecule has 0 bridgehead atoms. The summed E-state index contributed by atoms with van der Waals surface area (Å²) in [4.78, 5) is 25.2. The van der Waals surface area contributed by atoms with Crippen LogP contribution in [0.15, 0.2) is 74.8 Å². The molecule has 0 aliphatic carbocycles. The highest BCUT2D eigenvalue weighted by Gasteiger charge is 2.12. The van der Waals surface area contributed by atoms with Crippen LogP contribution in [0.3, 0.4) is 0 Å². The number of nitrogens with zero attached hydrogens (tertiary/aromatic N) is 1. The van der Waals surface area contributed by atoms with Crippen LogP contribution >= 0.6 is 0 Å². The van der Waals surface area contributed by atoms with Crippen LogP contribution in [-0.4, -0.2) is 30.8 Å². The molecule has 2 aromatic heterocycles. The quantitative estimate of drug-likeness (QED) is 0.277. The van der Waals surface area contributed by atoms with Crippen LogP contribution in [0, 0.1) is 0 Å². The minimum atomic E-state index is -3.84. The normalized spacial score (nSPS) is 12.1. The van der Waals surface area contributed by atoms with Gasteiger partial charge in [0.15, 0.2) is 0 Å². The van der Waals surface area contributed by atoms with E-state index in [0.717, 1.165) is 12.8 Å². The molecular weight excluding hydrogens is 482 g/mol. The number of carbonyl (C=O) groups is 1. The summed E-state index contributed by atoms with van der Waals surface area (Å²) in [6.45, 7) is 6.28. The first kappa shape index (κ1) is 25.0. The van der Waals surface area contributed by atoms with Crippen molar-refractivity contribution in [2.24, 2.45) is 5.14 Å². The number of carbonyl (C=O) groups excluding carboxylic acids is 1. The van der Waals surface area contributed by atoms with Crippen molar-refractivity contribution in [3.8, 4) is 17.0 Å². The average molecular weight is 508 g/mol. The van der Waals surface area contributed by atoms with E-state index in [4.69, 9.17) is 14.3 Å². The zero-order valence-corrected chi connectivity index (χ0v) is 20.4. The van der Waals surface area contributed by atoms with Crippen molar-refractivity contribution in [2.45, 2.75) is 24.7 Å². The molecule has 0 atom stereocenters. The second-order valence-electron chi connectivity index (χ2n) is 8.10. The molecule has 36 heavy (non-hydrogen) atoms. The number of nitrogens with two attached hydrogens (primary N) is 1. The maximum absolute atomic E-state index is 13.0. The maximum Gasteiger partial charge on any atom is 0.338 e. The number of sulfonamides is 1. The molecule has 3 N–H and O–H groups in total. The fraction of sp³-hybridized carbons (Fsp3) is 0.154. The summed E-state index contributed by atoms with van der Waals surface area (Å²) in [5, 5.41) is 8.63. The summed E-state index contributed by atoms with van der Waals surface area (Å²) in [7, 11) is -3.84. The van der Waals surface area contributed by atoms with Crippen LogP contribution in [0.2, 0.25) is 0 Å². The lowest BCUT2D eigenvalue weighted by Crippen LogP contribution is -2.33. The molecule has 2 heterocycles. The third-order valence-corrected chi connectivity index (χ3v) is 6.39. The van der Waals surface area contributed by atoms with Crippen LogP contribution in [0.1, 0.15) is 35.9 Å². The molecule has 2 aromatic carbocycles. The van der Waals surface area contributed by atoms with E-state index in [-0.39, 0.29) is 10.1 Å². The first-order valence-corrected chi connectivity index (χ1v) is 12.7. The Bertz CT molecular complexity index is 1680. The van der Waals surface area contributed by atoms with E-state index >= 15 is 0 Å². The Morgan fingerprint density at radius 2 is 1.92 bits per heavy atom. The van der Waals surface area contributed by atoms with Crippen LogP contribution in [0.25, 0.3) is 29.7 Å². The summed E-state index contributed by atoms with van der Waals surface area (Å²) in [5.74, 6) is 0.540. The van der Waals surface area contributed by atoms with Crippen molar-refractivity contribution >= 4 is 28.6 Å². The fourth-order valence-corrected chi connectivity index (χ4v) is 4.05. The molecule has 0 saturated carbocycles. The van der Waals surface area contributed by atoms with Gasteiger partial charge in [-0.1, -0.05) is 32.1 Å². The van der Waals surface area contributed by atoms with E-state index in [1.807, 2.05) is 13.0 Å². The molecule has 0 spiro atoms. The van der Waals surface area contributed by atoms with Gasteiger partial charge in [-0.2, -0.15) is 0 Å². The van der Waals surface area contributed by atoms with Gasteiger partial charge in [-0.25, -0.2) is 23.0 Å². The van der Waals surface area contributed by atoms with Crippen molar-refractivity contribution in [3.05, 3.63) is 92.9 Å². The second kappa shape index (κ2) is 10.2. The van der Waals surface area contributed by atoms with E-state index in [2.05, 4.69) is 11.7 Å². The van der Waals surface area contributed by atoms with Gasteiger partial charge in [-0.15, -0.1) is 0 Å². The highest BCUT2D eigenvalue weighted by Crippen LogP contribution is 2.24. The van der Waals surface area contributed by atoms with Crippen LogP contribution in [-0.2, 0) is 14.8 Å². The molecule has 9 nitrogen and oxygen atoms in total. The summed E-state index contributed by atoms with van der Waals surface area (Å²) < 4.78 is 35.4. The standard InChI is InChI=1S/C26H25N3O6S/c1-3-4-14-34-26(31)19-7-5-6-18(15-19)24-13-10-21(35-24)16-23-17(2)28-29(25(23)30)20-8-11-22(12-9-20)36(27,32)33/h5-13,15-16,28H,2-4,14H2,1H3,(H2,27,32,33)/b23-16+. The van der Waals surface area contributed by atoms with Gasteiger partial charge in [0.2, 0.25) is 10.0 Å². The Morgan fingerprint density at radius 3 is 2.61 bits per heavy atom. The van der Waals surface area contributed by atoms with Crippen LogP contribution in [0.4, 0.5) is 0 Å². The lowest BCUT2D eigenvalue weighted by Gasteiger charge is -2.05. The molecule has 10 heteroatoms. The number of hydrogen-bond donors (Lipinski definition) is 2. The monoisotopic (exact) mass is 507 g/mol. The van der Waals surface area contributed by atoms with Crippen molar-refractivity contribution in [2.75, 3.05) is 6.61 Å². The third-order valence-electron chi connectivity index (χ3n) is 5.46. The molecular formula is C26H25N3O6S. The average Bonchev–Trinajstić information content (AvgIpc) is 3.44. The number of rotatable bonds is 8. The number of benzene rings is 2. The van der Waals surface area contributed by atoms with Crippen molar-refractivity contribution in [3.63, 3.8) is 0 Å². The predicted octanol–water partition coefficient (Wildman–Crippen LogP) is 2.27. The number of unbranched alkanes of at least 4 members (excludes halogenated alkanes) is 1. The molecule has 186 valence electrons. The van der Waals surface area contributed by atoms with Crippen molar-refractivity contribution in [1.82, 2.24) is 9.78 Å². The van der Waals surface area contributed by atoms with Crippen LogP contribution in [0.5, 0.6) is 0 Å². The van der Waals surface area contributed by atoms with E-state index in [9.17, 15) is 18.0 Å². The number of ether oxygens (including phenoxy) is 1. The number of H-pyrrole nitrogens is 1. The molecule has 0 amide bonds. The van der Waals surface area contributed by atoms with Gasteiger partial charge in [0, 0.05) is 5.56 Å². The molecule has 0 unspecified atom stereocenters. The highest BCUT2D eigenvalue weighted by atomic mass is 32.2. The largest absolute Gasteiger partial charge is 0.462 e. The molecule has 0 fully saturated rings. The number of aromatic nitrogens is 2. The fourth-order valence-electron chi connectivity index (χ4n) is 3.53. The first-order valence-electron chi connectivity index (χ1n) is 11.2. The Kier molecular flexibility index (Phi) is 7.09. The van der Waals surface area contributed by atoms with Gasteiger partial charge in [-0.3, -0.25) is 9.89 Å². The number of primary sulfonamides is 1. The predicted molar refractivity (Wildman–Crippen MR) is 135 cm³/mol. The molecule has 4 rings (SSSR count). The third kappa shape index (κ3) is 5.40. The van der Waals surface area contributed by atoms with Gasteiger partial charge in [0.05, 0.1) is 33.3 Å². The maximum atomic E-state index is 13.0. The number of hydrogen-bond acceptors (Lipinski definition) is 6. The smallest absolute Gasteiger partial charge is 0.338 e. The Hall–Kier alpha value is -4.15. The number of nitrogens with one attached hydrogen (secondary N) is 1. The lowest BCUT2D eigenvalue weighted by molar-refractivity contribution is 0.0500. The minimum absolute atomic E-state index is 0.0612. The van der Waals surface area contributed by atoms with E-state index in [1.165, 1.54) is 28.9 Å². The van der Waals surface area contributed by atoms with Gasteiger partial charge in [0.1, 0.15) is 11.5 Å². The van der Waals surface area contributed by atoms with E-state index in [1.54, 1.807) is 36.4 Å². The molecule has 0 saturated heterocycles. The summed E-state index contributed by atoms with van der Waals surface area (Å²) >= 11 is 0. The SMILES string of the molecule is C=c1[nH]n(-c2ccc(S(N)(=O)=O)cc2)c(=O)/c1=C/c1ccc(-c2cccc(C(=O)OCCCC)c2)o1. The Morgan fingerprint density at radius 1 is 1.17 bits per heavy atom. The second-order valence-corrected chi connectivity index (χ2v) is 9.66. The van der Waals surface area contributed by atoms with Gasteiger partial charge >= 0.3 is 5.97 Å². The van der Waals surface area contributed by atoms with Gasteiger partial charge < -0.3 is 9.15 Å². The summed E-state index contributed by atoms with van der Waals surface area (Å²) in [5.41, 5.74) is 1.14. The Balaban J connectivity index is 1.62. The molecule has 4 aromatic rings. The topological polar surface area (TPSA) is 137 Å². The number of esters is 1. The summed E-state index contributed by atoms with van der Waals surface area (Å²) in [6, 6.07) is 15.9. The number of furan rings is 1. The van der Waals surface area contributed by atoms with Gasteiger partial charge in [0.25, 0.3) is 5.56 Å². The van der Waals surface area contributed by atoms with Crippen LogP contribution < -0.4 is 21.3 Å². The summed E-state index contributed by atoms with van der Waals surface area (Å²) in [6.07, 6.45) is 3.30. The first-order chi connectivity index (χ1) is 17.2. The number of aromatic amines is 1. The minimum Gasteiger partial charge on any atom is -0.462 e. The molecule has 0 aliphatic rings. The molecule has 0 radical (unpaired) electrons. The van der Waals surface area contributed by atoms with E-state index in [0.29, 0.717) is 40.3 Å². The zero-order valence-electron chi connectivity index (χ0n) is 19.6.